The first-order valence-electron chi connectivity index (χ1n) is 11.2. The van der Waals surface area contributed by atoms with E-state index in [0.29, 0.717) is 29.9 Å². The van der Waals surface area contributed by atoms with E-state index < -0.39 is 9.84 Å². The fourth-order valence-electron chi connectivity index (χ4n) is 4.75. The molecule has 3 fully saturated rings. The monoisotopic (exact) mass is 446 g/mol. The molecule has 3 aliphatic rings. The first kappa shape index (κ1) is 20.9. The largest absolute Gasteiger partial charge is 0.471 e. The molecule has 31 heavy (non-hydrogen) atoms. The highest BCUT2D eigenvalue weighted by atomic mass is 32.2. The standard InChI is InChI=1S/C22H30N4O4S/c27-31(28)11-4-17(5-12-31)14-25-6-8-26(9-7-25)18-1-2-21-20(13-18)22(24-16-23-21)30-19-3-10-29-15-19/h1-2,13,16-17,19H,3-12,14-15H2. The first-order chi connectivity index (χ1) is 15.1. The molecule has 0 N–H and O–H groups in total. The predicted octanol–water partition coefficient (Wildman–Crippen LogP) is 1.74. The van der Waals surface area contributed by atoms with Gasteiger partial charge in [0, 0.05) is 44.8 Å². The Morgan fingerprint density at radius 1 is 1.06 bits per heavy atom. The average Bonchev–Trinajstić information content (AvgIpc) is 3.29. The van der Waals surface area contributed by atoms with Gasteiger partial charge in [0.15, 0.2) is 0 Å². The van der Waals surface area contributed by atoms with Gasteiger partial charge >= 0.3 is 0 Å². The molecule has 3 aliphatic heterocycles. The summed E-state index contributed by atoms with van der Waals surface area (Å²) in [5.74, 6) is 1.85. The lowest BCUT2D eigenvalue weighted by Gasteiger charge is -2.38. The number of hydrogen-bond acceptors (Lipinski definition) is 8. The van der Waals surface area contributed by atoms with Crippen molar-refractivity contribution in [2.24, 2.45) is 5.92 Å². The maximum absolute atomic E-state index is 11.7. The van der Waals surface area contributed by atoms with Crippen molar-refractivity contribution in [1.29, 1.82) is 0 Å². The Labute approximate surface area is 183 Å². The minimum atomic E-state index is -2.78. The number of anilines is 1. The van der Waals surface area contributed by atoms with E-state index >= 15 is 0 Å². The lowest BCUT2D eigenvalue weighted by molar-refractivity contribution is 0.139. The van der Waals surface area contributed by atoms with Crippen molar-refractivity contribution in [1.82, 2.24) is 14.9 Å². The van der Waals surface area contributed by atoms with E-state index in [1.54, 1.807) is 6.33 Å². The van der Waals surface area contributed by atoms with Crippen LogP contribution in [-0.2, 0) is 14.6 Å². The van der Waals surface area contributed by atoms with E-state index in [2.05, 4.69) is 31.9 Å². The topological polar surface area (TPSA) is 84.9 Å². The highest BCUT2D eigenvalue weighted by molar-refractivity contribution is 7.91. The van der Waals surface area contributed by atoms with Gasteiger partial charge in [0.1, 0.15) is 22.3 Å². The summed E-state index contributed by atoms with van der Waals surface area (Å²) in [7, 11) is -2.78. The Morgan fingerprint density at radius 3 is 2.61 bits per heavy atom. The summed E-state index contributed by atoms with van der Waals surface area (Å²) in [5, 5.41) is 0.942. The minimum absolute atomic E-state index is 0.0556. The molecule has 0 aliphatic carbocycles. The molecule has 0 amide bonds. The van der Waals surface area contributed by atoms with Gasteiger partial charge in [-0.15, -0.1) is 0 Å². The molecule has 5 rings (SSSR count). The van der Waals surface area contributed by atoms with E-state index in [4.69, 9.17) is 9.47 Å². The molecule has 0 radical (unpaired) electrons. The molecule has 168 valence electrons. The summed E-state index contributed by atoms with van der Waals surface area (Å²) in [4.78, 5) is 13.7. The zero-order valence-electron chi connectivity index (χ0n) is 17.8. The van der Waals surface area contributed by atoms with Gasteiger partial charge in [-0.3, -0.25) is 4.90 Å². The lowest BCUT2D eigenvalue weighted by atomic mass is 10.0. The van der Waals surface area contributed by atoms with Gasteiger partial charge in [-0.25, -0.2) is 18.4 Å². The summed E-state index contributed by atoms with van der Waals surface area (Å²) >= 11 is 0. The number of fused-ring (bicyclic) bond motifs is 1. The van der Waals surface area contributed by atoms with Gasteiger partial charge in [-0.05, 0) is 37.0 Å². The van der Waals surface area contributed by atoms with Crippen LogP contribution in [-0.4, -0.2) is 86.8 Å². The second-order valence-electron chi connectivity index (χ2n) is 8.87. The van der Waals surface area contributed by atoms with Gasteiger partial charge in [0.2, 0.25) is 5.88 Å². The third-order valence-electron chi connectivity index (χ3n) is 6.68. The normalized spacial score (nSPS) is 25.2. The molecule has 4 heterocycles. The molecule has 1 aromatic carbocycles. The second-order valence-corrected chi connectivity index (χ2v) is 11.2. The number of piperazine rings is 1. The Kier molecular flexibility index (Phi) is 5.99. The zero-order valence-corrected chi connectivity index (χ0v) is 18.6. The van der Waals surface area contributed by atoms with Gasteiger partial charge in [-0.1, -0.05) is 0 Å². The molecule has 0 bridgehead atoms. The van der Waals surface area contributed by atoms with Crippen LogP contribution in [0.3, 0.4) is 0 Å². The summed E-state index contributed by atoms with van der Waals surface area (Å²) in [6, 6.07) is 6.31. The van der Waals surface area contributed by atoms with Gasteiger partial charge in [0.25, 0.3) is 0 Å². The van der Waals surface area contributed by atoms with Crippen LogP contribution in [0.5, 0.6) is 5.88 Å². The Morgan fingerprint density at radius 2 is 1.87 bits per heavy atom. The molecular formula is C22H30N4O4S. The molecule has 9 heteroatoms. The number of nitrogens with zero attached hydrogens (tertiary/aromatic N) is 4. The van der Waals surface area contributed by atoms with E-state index in [0.717, 1.165) is 69.5 Å². The van der Waals surface area contributed by atoms with E-state index in [-0.39, 0.29) is 6.10 Å². The fourth-order valence-corrected chi connectivity index (χ4v) is 6.34. The highest BCUT2D eigenvalue weighted by Gasteiger charge is 2.27. The summed E-state index contributed by atoms with van der Waals surface area (Å²) in [6.45, 7) is 6.26. The number of ether oxygens (including phenoxy) is 2. The predicted molar refractivity (Wildman–Crippen MR) is 119 cm³/mol. The average molecular weight is 447 g/mol. The lowest BCUT2D eigenvalue weighted by Crippen LogP contribution is -2.48. The highest BCUT2D eigenvalue weighted by Crippen LogP contribution is 2.29. The quantitative estimate of drug-likeness (QED) is 0.687. The van der Waals surface area contributed by atoms with Crippen LogP contribution in [0.4, 0.5) is 5.69 Å². The summed E-state index contributed by atoms with van der Waals surface area (Å²) in [6.07, 6.45) is 4.12. The molecular weight excluding hydrogens is 416 g/mol. The van der Waals surface area contributed by atoms with Crippen LogP contribution in [0.1, 0.15) is 19.3 Å². The van der Waals surface area contributed by atoms with Crippen LogP contribution in [0.2, 0.25) is 0 Å². The van der Waals surface area contributed by atoms with Crippen molar-refractivity contribution < 1.29 is 17.9 Å². The molecule has 1 aromatic heterocycles. The Balaban J connectivity index is 1.22. The van der Waals surface area contributed by atoms with Crippen molar-refractivity contribution in [3.63, 3.8) is 0 Å². The van der Waals surface area contributed by atoms with Crippen LogP contribution < -0.4 is 9.64 Å². The van der Waals surface area contributed by atoms with E-state index in [1.807, 2.05) is 6.07 Å². The summed E-state index contributed by atoms with van der Waals surface area (Å²) < 4.78 is 34.8. The smallest absolute Gasteiger partial charge is 0.224 e. The van der Waals surface area contributed by atoms with Gasteiger partial charge in [-0.2, -0.15) is 0 Å². The van der Waals surface area contributed by atoms with Crippen LogP contribution in [0.25, 0.3) is 10.9 Å². The third kappa shape index (κ3) is 4.94. The maximum Gasteiger partial charge on any atom is 0.224 e. The molecule has 0 saturated carbocycles. The first-order valence-corrected chi connectivity index (χ1v) is 13.0. The number of rotatable bonds is 5. The van der Waals surface area contributed by atoms with Crippen LogP contribution in [0.15, 0.2) is 24.5 Å². The molecule has 2 aromatic rings. The van der Waals surface area contributed by atoms with Crippen LogP contribution in [0, 0.1) is 5.92 Å². The molecule has 8 nitrogen and oxygen atoms in total. The van der Waals surface area contributed by atoms with Crippen molar-refractivity contribution in [3.05, 3.63) is 24.5 Å². The Bertz CT molecular complexity index is 1000. The van der Waals surface area contributed by atoms with Gasteiger partial charge in [0.05, 0.1) is 35.6 Å². The molecule has 3 saturated heterocycles. The van der Waals surface area contributed by atoms with Crippen molar-refractivity contribution in [2.45, 2.75) is 25.4 Å². The van der Waals surface area contributed by atoms with Crippen molar-refractivity contribution in [3.8, 4) is 5.88 Å². The van der Waals surface area contributed by atoms with Crippen LogP contribution >= 0.6 is 0 Å². The minimum Gasteiger partial charge on any atom is -0.471 e. The molecule has 0 spiro atoms. The number of benzene rings is 1. The Hall–Kier alpha value is -1.97. The van der Waals surface area contributed by atoms with Gasteiger partial charge < -0.3 is 14.4 Å². The summed E-state index contributed by atoms with van der Waals surface area (Å²) in [5.41, 5.74) is 2.05. The number of aromatic nitrogens is 2. The number of sulfone groups is 1. The zero-order chi connectivity index (χ0) is 21.3. The molecule has 1 atom stereocenters. The maximum atomic E-state index is 11.7. The van der Waals surface area contributed by atoms with Crippen molar-refractivity contribution >= 4 is 26.4 Å². The fraction of sp³-hybridized carbons (Fsp3) is 0.636. The number of hydrogen-bond donors (Lipinski definition) is 0. The van der Waals surface area contributed by atoms with E-state index in [1.165, 1.54) is 5.69 Å². The SMILES string of the molecule is O=S1(=O)CCC(CN2CCN(c3ccc4ncnc(OC5CCOC5)c4c3)CC2)CC1. The van der Waals surface area contributed by atoms with E-state index in [9.17, 15) is 8.42 Å². The molecule has 1 unspecified atom stereocenters. The second kappa shape index (κ2) is 8.88. The third-order valence-corrected chi connectivity index (χ3v) is 8.39. The van der Waals surface area contributed by atoms with Crippen molar-refractivity contribution in [2.75, 3.05) is 62.3 Å².